The van der Waals surface area contributed by atoms with Crippen molar-refractivity contribution in [1.82, 2.24) is 9.78 Å². The van der Waals surface area contributed by atoms with E-state index in [1.807, 2.05) is 0 Å². The lowest BCUT2D eigenvalue weighted by molar-refractivity contribution is 0.0991. The Bertz CT molecular complexity index is 480. The normalized spacial score (nSPS) is 21.1. The van der Waals surface area contributed by atoms with Crippen molar-refractivity contribution in [3.8, 4) is 0 Å². The molecule has 0 aromatic carbocycles. The number of aryl methyl sites for hydroxylation is 1. The van der Waals surface area contributed by atoms with Crippen LogP contribution >= 0.6 is 0 Å². The third kappa shape index (κ3) is 3.29. The highest BCUT2D eigenvalue weighted by Gasteiger charge is 2.28. The van der Waals surface area contributed by atoms with Gasteiger partial charge in [0.15, 0.2) is 9.84 Å². The molecule has 1 fully saturated rings. The lowest BCUT2D eigenvalue weighted by Crippen LogP contribution is -2.31. The fourth-order valence-corrected chi connectivity index (χ4v) is 3.71. The minimum absolute atomic E-state index is 0.0483. The van der Waals surface area contributed by atoms with E-state index >= 15 is 0 Å². The van der Waals surface area contributed by atoms with Crippen LogP contribution in [0, 0.1) is 0 Å². The Morgan fingerprint density at radius 2 is 2.39 bits per heavy atom. The van der Waals surface area contributed by atoms with Crippen LogP contribution in [0.3, 0.4) is 0 Å². The van der Waals surface area contributed by atoms with Crippen molar-refractivity contribution in [3.05, 3.63) is 18.0 Å². The van der Waals surface area contributed by atoms with Gasteiger partial charge in [-0.05, 0) is 12.8 Å². The predicted octanol–water partition coefficient (Wildman–Crippen LogP) is 0.946. The second kappa shape index (κ2) is 5.79. The molecular weight excluding hydrogens is 259 g/mol. The van der Waals surface area contributed by atoms with Gasteiger partial charge < -0.3 is 4.74 Å². The number of alkyl halides is 1. The Morgan fingerprint density at radius 3 is 3.06 bits per heavy atom. The average Bonchev–Trinajstić information content (AvgIpc) is 2.77. The van der Waals surface area contributed by atoms with Crippen molar-refractivity contribution in [2.45, 2.75) is 30.4 Å². The van der Waals surface area contributed by atoms with Crippen LogP contribution in [0.15, 0.2) is 12.4 Å². The second-order valence-electron chi connectivity index (χ2n) is 4.45. The molecule has 0 radical (unpaired) electrons. The summed E-state index contributed by atoms with van der Waals surface area (Å²) in [5.74, 6) is -0.0483. The molecule has 2 heterocycles. The van der Waals surface area contributed by atoms with Crippen LogP contribution < -0.4 is 0 Å². The standard InChI is InChI=1S/C11H17FN2O3S/c12-3-4-14-7-10(6-13-14)9-18(15,16)11-2-1-5-17-8-11/h6-7,11H,1-5,8-9H2. The highest BCUT2D eigenvalue weighted by atomic mass is 32.2. The topological polar surface area (TPSA) is 61.2 Å². The number of sulfone groups is 1. The minimum Gasteiger partial charge on any atom is -0.380 e. The van der Waals surface area contributed by atoms with Crippen LogP contribution in [0.4, 0.5) is 4.39 Å². The summed E-state index contributed by atoms with van der Waals surface area (Å²) < 4.78 is 43.0. The smallest absolute Gasteiger partial charge is 0.159 e. The van der Waals surface area contributed by atoms with E-state index in [0.717, 1.165) is 6.42 Å². The molecule has 0 bridgehead atoms. The number of rotatable bonds is 5. The van der Waals surface area contributed by atoms with Gasteiger partial charge in [0.05, 0.1) is 30.4 Å². The first-order valence-corrected chi connectivity index (χ1v) is 7.70. The number of hydrogen-bond acceptors (Lipinski definition) is 4. The molecule has 1 aliphatic rings. The maximum Gasteiger partial charge on any atom is 0.159 e. The molecule has 102 valence electrons. The Balaban J connectivity index is 2.01. The molecule has 2 rings (SSSR count). The zero-order valence-electron chi connectivity index (χ0n) is 10.1. The van der Waals surface area contributed by atoms with Gasteiger partial charge in [0.2, 0.25) is 0 Å². The summed E-state index contributed by atoms with van der Waals surface area (Å²) in [4.78, 5) is 0. The summed E-state index contributed by atoms with van der Waals surface area (Å²) in [6, 6.07) is 0. The molecule has 1 aliphatic heterocycles. The van der Waals surface area contributed by atoms with Crippen LogP contribution in [0.5, 0.6) is 0 Å². The molecule has 7 heteroatoms. The molecule has 1 aromatic heterocycles. The van der Waals surface area contributed by atoms with Crippen molar-refractivity contribution in [3.63, 3.8) is 0 Å². The predicted molar refractivity (Wildman–Crippen MR) is 64.7 cm³/mol. The minimum atomic E-state index is -3.21. The summed E-state index contributed by atoms with van der Waals surface area (Å²) in [5, 5.41) is 3.50. The van der Waals surface area contributed by atoms with E-state index in [4.69, 9.17) is 4.74 Å². The van der Waals surface area contributed by atoms with Gasteiger partial charge >= 0.3 is 0 Å². The molecular formula is C11H17FN2O3S. The molecule has 0 amide bonds. The molecule has 18 heavy (non-hydrogen) atoms. The lowest BCUT2D eigenvalue weighted by atomic mass is 10.2. The largest absolute Gasteiger partial charge is 0.380 e. The molecule has 1 atom stereocenters. The zero-order chi connectivity index (χ0) is 13.0. The van der Waals surface area contributed by atoms with Crippen molar-refractivity contribution in [2.24, 2.45) is 0 Å². The van der Waals surface area contributed by atoms with Crippen LogP contribution in [0.25, 0.3) is 0 Å². The van der Waals surface area contributed by atoms with E-state index in [0.29, 0.717) is 18.6 Å². The summed E-state index contributed by atoms with van der Waals surface area (Å²) in [6.07, 6.45) is 4.50. The van der Waals surface area contributed by atoms with Crippen molar-refractivity contribution in [1.29, 1.82) is 0 Å². The second-order valence-corrected chi connectivity index (χ2v) is 6.73. The highest BCUT2D eigenvalue weighted by Crippen LogP contribution is 2.18. The van der Waals surface area contributed by atoms with Crippen LogP contribution in [-0.4, -0.2) is 43.3 Å². The Kier molecular flexibility index (Phi) is 4.34. The summed E-state index contributed by atoms with van der Waals surface area (Å²) in [5.41, 5.74) is 0.606. The van der Waals surface area contributed by atoms with Crippen LogP contribution in [0.1, 0.15) is 18.4 Å². The zero-order valence-corrected chi connectivity index (χ0v) is 10.9. The first kappa shape index (κ1) is 13.5. The number of hydrogen-bond donors (Lipinski definition) is 0. The van der Waals surface area contributed by atoms with E-state index in [1.165, 1.54) is 10.9 Å². The fourth-order valence-electron chi connectivity index (χ4n) is 2.03. The molecule has 5 nitrogen and oxygen atoms in total. The molecule has 0 saturated carbocycles. The Morgan fingerprint density at radius 1 is 1.56 bits per heavy atom. The van der Waals surface area contributed by atoms with E-state index in [1.54, 1.807) is 6.20 Å². The third-order valence-corrected chi connectivity index (χ3v) is 5.12. The van der Waals surface area contributed by atoms with Crippen molar-refractivity contribution >= 4 is 9.84 Å². The Hall–Kier alpha value is -0.950. The van der Waals surface area contributed by atoms with Crippen LogP contribution in [0.2, 0.25) is 0 Å². The molecule has 0 N–H and O–H groups in total. The van der Waals surface area contributed by atoms with E-state index in [-0.39, 0.29) is 18.9 Å². The van der Waals surface area contributed by atoms with E-state index < -0.39 is 21.8 Å². The van der Waals surface area contributed by atoms with Gasteiger partial charge in [-0.3, -0.25) is 4.68 Å². The van der Waals surface area contributed by atoms with Gasteiger partial charge in [0.25, 0.3) is 0 Å². The van der Waals surface area contributed by atoms with Gasteiger partial charge in [-0.2, -0.15) is 5.10 Å². The monoisotopic (exact) mass is 276 g/mol. The van der Waals surface area contributed by atoms with E-state index in [2.05, 4.69) is 5.10 Å². The summed E-state index contributed by atoms with van der Waals surface area (Å²) >= 11 is 0. The summed E-state index contributed by atoms with van der Waals surface area (Å²) in [6.45, 7) is 0.568. The SMILES string of the molecule is O=S(=O)(Cc1cnn(CCF)c1)C1CCCOC1. The van der Waals surface area contributed by atoms with Crippen LogP contribution in [-0.2, 0) is 26.9 Å². The quantitative estimate of drug-likeness (QED) is 0.803. The summed E-state index contributed by atoms with van der Waals surface area (Å²) in [7, 11) is -3.21. The van der Waals surface area contributed by atoms with Crippen molar-refractivity contribution in [2.75, 3.05) is 19.9 Å². The van der Waals surface area contributed by atoms with Gasteiger partial charge in [-0.25, -0.2) is 12.8 Å². The average molecular weight is 276 g/mol. The number of halogens is 1. The molecule has 1 saturated heterocycles. The van der Waals surface area contributed by atoms with Crippen molar-refractivity contribution < 1.29 is 17.5 Å². The first-order valence-electron chi connectivity index (χ1n) is 5.98. The molecule has 1 unspecified atom stereocenters. The Labute approximate surface area is 106 Å². The first-order chi connectivity index (χ1) is 8.62. The maximum absolute atomic E-state index is 12.1. The van der Waals surface area contributed by atoms with Gasteiger partial charge in [-0.15, -0.1) is 0 Å². The number of aromatic nitrogens is 2. The fraction of sp³-hybridized carbons (Fsp3) is 0.727. The van der Waals surface area contributed by atoms with Gasteiger partial charge in [-0.1, -0.05) is 0 Å². The maximum atomic E-state index is 12.1. The van der Waals surface area contributed by atoms with Gasteiger partial charge in [0, 0.05) is 18.4 Å². The molecule has 0 aliphatic carbocycles. The molecule has 0 spiro atoms. The number of nitrogens with zero attached hydrogens (tertiary/aromatic N) is 2. The third-order valence-electron chi connectivity index (χ3n) is 2.99. The number of ether oxygens (including phenoxy) is 1. The van der Waals surface area contributed by atoms with E-state index in [9.17, 15) is 12.8 Å². The van der Waals surface area contributed by atoms with Gasteiger partial charge in [0.1, 0.15) is 6.67 Å². The molecule has 1 aromatic rings. The highest BCUT2D eigenvalue weighted by molar-refractivity contribution is 7.91. The lowest BCUT2D eigenvalue weighted by Gasteiger charge is -2.21.